The Morgan fingerprint density at radius 1 is 1.43 bits per heavy atom. The molecule has 0 aliphatic heterocycles. The second-order valence-corrected chi connectivity index (χ2v) is 4.10. The van der Waals surface area contributed by atoms with Crippen LogP contribution >= 0.6 is 0 Å². The minimum atomic E-state index is -4.56. The summed E-state index contributed by atoms with van der Waals surface area (Å²) in [6.07, 6.45) is -4.18. The molecule has 0 bridgehead atoms. The zero-order chi connectivity index (χ0) is 15.6. The summed E-state index contributed by atoms with van der Waals surface area (Å²) in [6.45, 7) is 1.75. The summed E-state index contributed by atoms with van der Waals surface area (Å²) in [4.78, 5) is 26.2. The summed E-state index contributed by atoms with van der Waals surface area (Å²) in [5, 5.41) is 2.67. The molecule has 0 spiro atoms. The van der Waals surface area contributed by atoms with Gasteiger partial charge in [-0.25, -0.2) is 4.98 Å². The molecule has 21 heavy (non-hydrogen) atoms. The van der Waals surface area contributed by atoms with E-state index in [2.05, 4.69) is 10.2 Å². The van der Waals surface area contributed by atoms with Crippen LogP contribution in [0, 0.1) is 4.91 Å². The Morgan fingerprint density at radius 2 is 2.14 bits per heavy atom. The predicted octanol–water partition coefficient (Wildman–Crippen LogP) is 2.86. The average Bonchev–Trinajstić information content (AvgIpc) is 2.73. The molecule has 0 saturated carbocycles. The number of hydrogen-bond acceptors (Lipinski definition) is 5. The molecule has 0 amide bonds. The zero-order valence-corrected chi connectivity index (χ0v) is 10.8. The number of carbonyl (C=O) groups excluding carboxylic acids is 1. The van der Waals surface area contributed by atoms with Crippen molar-refractivity contribution in [1.29, 1.82) is 0 Å². The fourth-order valence-corrected chi connectivity index (χ4v) is 1.81. The summed E-state index contributed by atoms with van der Waals surface area (Å²) in [7, 11) is 0. The summed E-state index contributed by atoms with van der Waals surface area (Å²) in [5.74, 6) is -0.981. The van der Waals surface area contributed by atoms with E-state index in [1.807, 2.05) is 0 Å². The summed E-state index contributed by atoms with van der Waals surface area (Å²) >= 11 is 0. The molecule has 0 aliphatic rings. The molecule has 0 radical (unpaired) electrons. The molecule has 0 atom stereocenters. The molecule has 0 saturated heterocycles. The molecule has 0 fully saturated rings. The first-order valence-corrected chi connectivity index (χ1v) is 5.94. The van der Waals surface area contributed by atoms with Gasteiger partial charge in [0.1, 0.15) is 11.3 Å². The Hall–Kier alpha value is -2.45. The number of aromatic nitrogens is 2. The van der Waals surface area contributed by atoms with Crippen LogP contribution in [0.1, 0.15) is 18.2 Å². The van der Waals surface area contributed by atoms with Crippen molar-refractivity contribution >= 4 is 17.4 Å². The summed E-state index contributed by atoms with van der Waals surface area (Å²) in [5.41, 5.74) is -0.875. The van der Waals surface area contributed by atoms with Gasteiger partial charge in [-0.1, -0.05) is 0 Å². The van der Waals surface area contributed by atoms with Crippen molar-refractivity contribution in [3.05, 3.63) is 34.5 Å². The molecule has 2 aromatic rings. The lowest BCUT2D eigenvalue weighted by atomic mass is 10.3. The second-order valence-electron chi connectivity index (χ2n) is 4.10. The molecule has 9 heteroatoms. The molecular weight excluding hydrogens is 291 g/mol. The van der Waals surface area contributed by atoms with Crippen molar-refractivity contribution in [3.8, 4) is 0 Å². The largest absolute Gasteiger partial charge is 0.466 e. The minimum absolute atomic E-state index is 0.0252. The number of carbonyl (C=O) groups is 1. The first-order chi connectivity index (χ1) is 9.86. The number of rotatable bonds is 4. The number of alkyl halides is 3. The van der Waals surface area contributed by atoms with Gasteiger partial charge in [-0.05, 0) is 24.2 Å². The third-order valence-corrected chi connectivity index (χ3v) is 2.69. The van der Waals surface area contributed by atoms with Gasteiger partial charge >= 0.3 is 12.1 Å². The van der Waals surface area contributed by atoms with Gasteiger partial charge in [0, 0.05) is 6.20 Å². The topological polar surface area (TPSA) is 73.0 Å². The standard InChI is InChI=1S/C12H10F3N3O3/c1-2-21-10(19)5-8-11(17-20)18-6-7(12(13,14)15)3-4-9(18)16-8/h3-4,6H,2,5H2,1H3. The van der Waals surface area contributed by atoms with Crippen LogP contribution in [0.15, 0.2) is 23.5 Å². The lowest BCUT2D eigenvalue weighted by Crippen LogP contribution is -2.07. The minimum Gasteiger partial charge on any atom is -0.466 e. The first kappa shape index (κ1) is 14.9. The van der Waals surface area contributed by atoms with Gasteiger partial charge in [-0.2, -0.15) is 13.2 Å². The van der Waals surface area contributed by atoms with Crippen molar-refractivity contribution in [2.45, 2.75) is 19.5 Å². The van der Waals surface area contributed by atoms with Crippen LogP contribution in [0.3, 0.4) is 0 Å². The van der Waals surface area contributed by atoms with E-state index in [0.717, 1.165) is 16.5 Å². The van der Waals surface area contributed by atoms with Crippen LogP contribution in [0.25, 0.3) is 5.65 Å². The highest BCUT2D eigenvalue weighted by molar-refractivity contribution is 5.74. The van der Waals surface area contributed by atoms with Crippen LogP contribution < -0.4 is 0 Å². The molecule has 6 nitrogen and oxygen atoms in total. The SMILES string of the molecule is CCOC(=O)Cc1nc2ccc(C(F)(F)F)cn2c1N=O. The monoisotopic (exact) mass is 301 g/mol. The number of pyridine rings is 1. The van der Waals surface area contributed by atoms with Gasteiger partial charge < -0.3 is 4.74 Å². The van der Waals surface area contributed by atoms with E-state index in [1.54, 1.807) is 6.92 Å². The number of nitroso groups, excluding NO2 is 1. The van der Waals surface area contributed by atoms with Gasteiger partial charge in [0.05, 0.1) is 18.6 Å². The number of nitrogens with zero attached hydrogens (tertiary/aromatic N) is 3. The molecule has 0 aromatic carbocycles. The van der Waals surface area contributed by atoms with Crippen molar-refractivity contribution in [1.82, 2.24) is 9.38 Å². The Morgan fingerprint density at radius 3 is 2.71 bits per heavy atom. The van der Waals surface area contributed by atoms with E-state index in [0.29, 0.717) is 6.20 Å². The molecule has 0 unspecified atom stereocenters. The maximum Gasteiger partial charge on any atom is 0.417 e. The second kappa shape index (κ2) is 5.51. The highest BCUT2D eigenvalue weighted by Crippen LogP contribution is 2.31. The highest BCUT2D eigenvalue weighted by atomic mass is 19.4. The number of hydrogen-bond donors (Lipinski definition) is 0. The third-order valence-electron chi connectivity index (χ3n) is 2.69. The highest BCUT2D eigenvalue weighted by Gasteiger charge is 2.31. The van der Waals surface area contributed by atoms with E-state index in [9.17, 15) is 22.9 Å². The first-order valence-electron chi connectivity index (χ1n) is 5.94. The zero-order valence-electron chi connectivity index (χ0n) is 10.8. The van der Waals surface area contributed by atoms with Gasteiger partial charge in [0.15, 0.2) is 0 Å². The van der Waals surface area contributed by atoms with Gasteiger partial charge in [-0.3, -0.25) is 9.20 Å². The molecule has 2 heterocycles. The molecule has 0 N–H and O–H groups in total. The average molecular weight is 301 g/mol. The summed E-state index contributed by atoms with van der Waals surface area (Å²) in [6, 6.07) is 1.94. The van der Waals surface area contributed by atoms with E-state index in [4.69, 9.17) is 4.74 Å². The van der Waals surface area contributed by atoms with E-state index in [-0.39, 0.29) is 30.2 Å². The third kappa shape index (κ3) is 3.01. The van der Waals surface area contributed by atoms with Crippen molar-refractivity contribution in [2.24, 2.45) is 5.18 Å². The number of imidazole rings is 1. The van der Waals surface area contributed by atoms with E-state index >= 15 is 0 Å². The van der Waals surface area contributed by atoms with E-state index < -0.39 is 17.7 Å². The maximum absolute atomic E-state index is 12.7. The number of ether oxygens (including phenoxy) is 1. The van der Waals surface area contributed by atoms with Gasteiger partial charge in [0.25, 0.3) is 0 Å². The predicted molar refractivity (Wildman–Crippen MR) is 66.0 cm³/mol. The quantitative estimate of drug-likeness (QED) is 0.643. The van der Waals surface area contributed by atoms with Gasteiger partial charge in [0.2, 0.25) is 5.82 Å². The number of esters is 1. The van der Waals surface area contributed by atoms with Gasteiger partial charge in [-0.15, -0.1) is 4.91 Å². The fourth-order valence-electron chi connectivity index (χ4n) is 1.81. The summed E-state index contributed by atoms with van der Waals surface area (Å²) < 4.78 is 43.6. The fraction of sp³-hybridized carbons (Fsp3) is 0.333. The lowest BCUT2D eigenvalue weighted by molar-refractivity contribution is -0.142. The molecule has 0 aliphatic carbocycles. The normalized spacial score (nSPS) is 11.6. The Kier molecular flexibility index (Phi) is 3.92. The Labute approximate surface area is 116 Å². The van der Waals surface area contributed by atoms with Crippen molar-refractivity contribution in [2.75, 3.05) is 6.61 Å². The number of fused-ring (bicyclic) bond motifs is 1. The molecule has 2 aromatic heterocycles. The molecule has 112 valence electrons. The van der Waals surface area contributed by atoms with Crippen molar-refractivity contribution < 1.29 is 22.7 Å². The number of halogens is 3. The molecule has 2 rings (SSSR count). The van der Waals surface area contributed by atoms with Crippen LogP contribution in [-0.2, 0) is 22.1 Å². The van der Waals surface area contributed by atoms with Crippen LogP contribution in [0.5, 0.6) is 0 Å². The van der Waals surface area contributed by atoms with Crippen LogP contribution in [-0.4, -0.2) is 22.0 Å². The van der Waals surface area contributed by atoms with Crippen LogP contribution in [0.4, 0.5) is 19.0 Å². The molecular formula is C12H10F3N3O3. The van der Waals surface area contributed by atoms with E-state index in [1.165, 1.54) is 0 Å². The van der Waals surface area contributed by atoms with Crippen molar-refractivity contribution in [3.63, 3.8) is 0 Å². The Balaban J connectivity index is 2.49. The Bertz CT molecular complexity index is 694. The smallest absolute Gasteiger partial charge is 0.417 e. The van der Waals surface area contributed by atoms with Crippen LogP contribution in [0.2, 0.25) is 0 Å². The lowest BCUT2D eigenvalue weighted by Gasteiger charge is -2.06. The maximum atomic E-state index is 12.7.